The highest BCUT2D eigenvalue weighted by Crippen LogP contribution is 2.31. The fourth-order valence-electron chi connectivity index (χ4n) is 3.05. The Morgan fingerprint density at radius 1 is 1.08 bits per heavy atom. The van der Waals surface area contributed by atoms with Crippen LogP contribution in [0.5, 0.6) is 0 Å². The first-order valence-corrected chi connectivity index (χ1v) is 10.9. The first kappa shape index (κ1) is 17.3. The second-order valence-corrected chi connectivity index (χ2v) is 9.22. The monoisotopic (exact) mass is 364 g/mol. The number of nitrogens with one attached hydrogen (secondary N) is 1. The average molecular weight is 365 g/mol. The van der Waals surface area contributed by atoms with Crippen LogP contribution in [0.2, 0.25) is 0 Å². The first-order valence-electron chi connectivity index (χ1n) is 8.55. The van der Waals surface area contributed by atoms with Gasteiger partial charge in [-0.2, -0.15) is 0 Å². The molecule has 0 amide bonds. The molecule has 0 atom stereocenters. The molecule has 0 unspecified atom stereocenters. The van der Waals surface area contributed by atoms with Gasteiger partial charge in [0.05, 0.1) is 11.4 Å². The Morgan fingerprint density at radius 2 is 1.83 bits per heavy atom. The van der Waals surface area contributed by atoms with E-state index in [0.717, 1.165) is 49.3 Å². The first-order chi connectivity index (χ1) is 11.6. The normalized spacial score (nSPS) is 15.5. The number of nitrogens with zero attached hydrogens (tertiary/aromatic N) is 1. The van der Waals surface area contributed by atoms with Gasteiger partial charge >= 0.3 is 0 Å². The third-order valence-electron chi connectivity index (χ3n) is 4.24. The van der Waals surface area contributed by atoms with Crippen LogP contribution >= 0.6 is 11.3 Å². The van der Waals surface area contributed by atoms with Crippen LogP contribution in [0.1, 0.15) is 37.5 Å². The zero-order valence-electron chi connectivity index (χ0n) is 14.0. The van der Waals surface area contributed by atoms with Crippen molar-refractivity contribution in [3.05, 3.63) is 41.3 Å². The number of rotatable bonds is 6. The van der Waals surface area contributed by atoms with Gasteiger partial charge < -0.3 is 4.90 Å². The lowest BCUT2D eigenvalue weighted by molar-refractivity contribution is 0.578. The van der Waals surface area contributed by atoms with Crippen molar-refractivity contribution < 1.29 is 8.42 Å². The van der Waals surface area contributed by atoms with E-state index < -0.39 is 10.0 Å². The molecule has 1 fully saturated rings. The highest BCUT2D eigenvalue weighted by atomic mass is 32.2. The van der Waals surface area contributed by atoms with E-state index in [4.69, 9.17) is 0 Å². The van der Waals surface area contributed by atoms with Crippen molar-refractivity contribution in [1.29, 1.82) is 0 Å². The minimum atomic E-state index is -3.53. The number of hydrogen-bond donors (Lipinski definition) is 1. The van der Waals surface area contributed by atoms with Crippen molar-refractivity contribution in [2.75, 3.05) is 22.7 Å². The lowest BCUT2D eigenvalue weighted by Crippen LogP contribution is -2.30. The van der Waals surface area contributed by atoms with Crippen LogP contribution in [0.25, 0.3) is 0 Å². The third kappa shape index (κ3) is 3.92. The summed E-state index contributed by atoms with van der Waals surface area (Å²) in [5.74, 6) is 0. The zero-order valence-corrected chi connectivity index (χ0v) is 15.6. The molecule has 0 bridgehead atoms. The molecular formula is C18H24N2O2S2. The van der Waals surface area contributed by atoms with Gasteiger partial charge in [-0.3, -0.25) is 4.72 Å². The Balaban J connectivity index is 1.84. The number of anilines is 2. The molecule has 3 rings (SSSR count). The maximum absolute atomic E-state index is 12.7. The fraction of sp³-hybridized carbons (Fsp3) is 0.444. The van der Waals surface area contributed by atoms with Crippen molar-refractivity contribution >= 4 is 32.7 Å². The predicted molar refractivity (Wildman–Crippen MR) is 102 cm³/mol. The number of para-hydroxylation sites is 2. The summed E-state index contributed by atoms with van der Waals surface area (Å²) in [7, 11) is -3.53. The maximum atomic E-state index is 12.7. The predicted octanol–water partition coefficient (Wildman–Crippen LogP) is 4.49. The molecule has 4 nitrogen and oxygen atoms in total. The van der Waals surface area contributed by atoms with Gasteiger partial charge in [0, 0.05) is 18.0 Å². The van der Waals surface area contributed by atoms with Gasteiger partial charge in [-0.1, -0.05) is 25.5 Å². The molecule has 1 aliphatic heterocycles. The Hall–Kier alpha value is -1.53. The summed E-state index contributed by atoms with van der Waals surface area (Å²) in [6.45, 7) is 4.07. The zero-order chi connectivity index (χ0) is 17.0. The minimum absolute atomic E-state index is 0.388. The van der Waals surface area contributed by atoms with Gasteiger partial charge in [-0.25, -0.2) is 8.42 Å². The number of piperidine rings is 1. The summed E-state index contributed by atoms with van der Waals surface area (Å²) in [6.07, 6.45) is 5.51. The number of sulfonamides is 1. The molecule has 6 heteroatoms. The Kier molecular flexibility index (Phi) is 5.46. The quantitative estimate of drug-likeness (QED) is 0.821. The number of aryl methyl sites for hydroxylation is 1. The van der Waals surface area contributed by atoms with E-state index in [0.29, 0.717) is 9.90 Å². The van der Waals surface area contributed by atoms with Crippen LogP contribution in [0.3, 0.4) is 0 Å². The molecule has 0 radical (unpaired) electrons. The van der Waals surface area contributed by atoms with E-state index in [9.17, 15) is 8.42 Å². The van der Waals surface area contributed by atoms with Crippen LogP contribution in [0.4, 0.5) is 11.4 Å². The summed E-state index contributed by atoms with van der Waals surface area (Å²) in [6, 6.07) is 11.3. The Bertz CT molecular complexity index is 778. The van der Waals surface area contributed by atoms with Gasteiger partial charge in [0.2, 0.25) is 0 Å². The number of benzene rings is 1. The Labute approximate surface area is 148 Å². The molecule has 130 valence electrons. The van der Waals surface area contributed by atoms with Crippen molar-refractivity contribution in [3.8, 4) is 0 Å². The van der Waals surface area contributed by atoms with Crippen molar-refractivity contribution in [3.63, 3.8) is 0 Å². The van der Waals surface area contributed by atoms with E-state index >= 15 is 0 Å². The molecule has 2 aromatic rings. The molecular weight excluding hydrogens is 340 g/mol. The minimum Gasteiger partial charge on any atom is -0.370 e. The van der Waals surface area contributed by atoms with E-state index in [1.54, 1.807) is 6.07 Å². The highest BCUT2D eigenvalue weighted by molar-refractivity contribution is 7.94. The van der Waals surface area contributed by atoms with Crippen molar-refractivity contribution in [2.24, 2.45) is 0 Å². The van der Waals surface area contributed by atoms with Gasteiger partial charge in [-0.15, -0.1) is 11.3 Å². The van der Waals surface area contributed by atoms with Gasteiger partial charge in [-0.05, 0) is 49.9 Å². The number of thiophene rings is 1. The SMILES string of the molecule is CCCc1ccc(S(=O)(=O)Nc2ccccc2N2CCCCC2)s1. The average Bonchev–Trinajstić information content (AvgIpc) is 3.06. The standard InChI is InChI=1S/C18H24N2O2S2/c1-2-8-15-11-12-18(23-15)24(21,22)19-16-9-4-5-10-17(16)20-13-6-3-7-14-20/h4-5,9-12,19H,2-3,6-8,13-14H2,1H3. The largest absolute Gasteiger partial charge is 0.370 e. The molecule has 0 aliphatic carbocycles. The van der Waals surface area contributed by atoms with Gasteiger partial charge in [0.15, 0.2) is 0 Å². The number of hydrogen-bond acceptors (Lipinski definition) is 4. The van der Waals surface area contributed by atoms with E-state index in [2.05, 4.69) is 16.5 Å². The highest BCUT2D eigenvalue weighted by Gasteiger charge is 2.20. The van der Waals surface area contributed by atoms with Crippen LogP contribution in [0.15, 0.2) is 40.6 Å². The molecule has 2 heterocycles. The summed E-state index contributed by atoms with van der Waals surface area (Å²) < 4.78 is 28.7. The lowest BCUT2D eigenvalue weighted by atomic mass is 10.1. The van der Waals surface area contributed by atoms with E-state index in [-0.39, 0.29) is 0 Å². The van der Waals surface area contributed by atoms with Crippen LogP contribution in [-0.4, -0.2) is 21.5 Å². The fourth-order valence-corrected chi connectivity index (χ4v) is 5.58. The third-order valence-corrected chi connectivity index (χ3v) is 7.25. The molecule has 1 N–H and O–H groups in total. The summed E-state index contributed by atoms with van der Waals surface area (Å²) in [5.41, 5.74) is 1.65. The maximum Gasteiger partial charge on any atom is 0.271 e. The Morgan fingerprint density at radius 3 is 2.58 bits per heavy atom. The molecule has 24 heavy (non-hydrogen) atoms. The van der Waals surface area contributed by atoms with Crippen molar-refractivity contribution in [2.45, 2.75) is 43.2 Å². The molecule has 1 saturated heterocycles. The molecule has 0 spiro atoms. The van der Waals surface area contributed by atoms with Crippen LogP contribution < -0.4 is 9.62 Å². The summed E-state index contributed by atoms with van der Waals surface area (Å²) in [5, 5.41) is 0. The molecule has 1 aromatic heterocycles. The molecule has 1 aromatic carbocycles. The smallest absolute Gasteiger partial charge is 0.271 e. The topological polar surface area (TPSA) is 49.4 Å². The van der Waals surface area contributed by atoms with E-state index in [1.807, 2.05) is 30.3 Å². The van der Waals surface area contributed by atoms with Gasteiger partial charge in [0.25, 0.3) is 10.0 Å². The van der Waals surface area contributed by atoms with Crippen molar-refractivity contribution in [1.82, 2.24) is 0 Å². The second kappa shape index (κ2) is 7.57. The van der Waals surface area contributed by atoms with E-state index in [1.165, 1.54) is 17.8 Å². The molecule has 1 aliphatic rings. The van der Waals surface area contributed by atoms with Crippen LogP contribution in [-0.2, 0) is 16.4 Å². The second-order valence-electron chi connectivity index (χ2n) is 6.14. The molecule has 0 saturated carbocycles. The van der Waals surface area contributed by atoms with Gasteiger partial charge in [0.1, 0.15) is 4.21 Å². The summed E-state index contributed by atoms with van der Waals surface area (Å²) in [4.78, 5) is 3.39. The lowest BCUT2D eigenvalue weighted by Gasteiger charge is -2.30. The van der Waals surface area contributed by atoms with Crippen LogP contribution in [0, 0.1) is 0 Å². The summed E-state index contributed by atoms with van der Waals surface area (Å²) >= 11 is 1.36.